The largest absolute Gasteiger partial charge is 0.383 e. The number of aromatic nitrogens is 2. The van der Waals surface area contributed by atoms with Gasteiger partial charge in [-0.05, 0) is 13.0 Å². The van der Waals surface area contributed by atoms with Crippen molar-refractivity contribution in [1.82, 2.24) is 15.3 Å². The zero-order valence-corrected chi connectivity index (χ0v) is 12.3. The molecule has 17 heavy (non-hydrogen) atoms. The fourth-order valence-corrected chi connectivity index (χ4v) is 1.10. The molecule has 1 heterocycles. The minimum Gasteiger partial charge on any atom is -0.383 e. The molecule has 0 atom stereocenters. The molecule has 0 spiro atoms. The van der Waals surface area contributed by atoms with Crippen molar-refractivity contribution in [2.45, 2.75) is 13.5 Å². The van der Waals surface area contributed by atoms with Crippen molar-refractivity contribution in [2.75, 3.05) is 20.3 Å². The van der Waals surface area contributed by atoms with Crippen LogP contribution in [0.3, 0.4) is 0 Å². The summed E-state index contributed by atoms with van der Waals surface area (Å²) < 4.78 is 4.88. The third-order valence-corrected chi connectivity index (χ3v) is 1.86. The van der Waals surface area contributed by atoms with Crippen LogP contribution in [0.2, 0.25) is 0 Å². The molecule has 0 saturated carbocycles. The molecule has 1 aromatic heterocycles. The van der Waals surface area contributed by atoms with Crippen LogP contribution in [0.15, 0.2) is 17.3 Å². The third kappa shape index (κ3) is 7.05. The van der Waals surface area contributed by atoms with Crippen LogP contribution in [0, 0.1) is 6.92 Å². The number of rotatable bonds is 5. The molecule has 1 rings (SSSR count). The number of aryl methyl sites for hydroxylation is 1. The van der Waals surface area contributed by atoms with Crippen molar-refractivity contribution in [2.24, 2.45) is 10.7 Å². The van der Waals surface area contributed by atoms with Gasteiger partial charge in [0.25, 0.3) is 0 Å². The van der Waals surface area contributed by atoms with Gasteiger partial charge in [0.1, 0.15) is 5.82 Å². The molecular weight excluding hydrogens is 333 g/mol. The van der Waals surface area contributed by atoms with Crippen LogP contribution >= 0.6 is 24.0 Å². The summed E-state index contributed by atoms with van der Waals surface area (Å²) in [4.78, 5) is 12.4. The molecule has 0 fully saturated rings. The average Bonchev–Trinajstić information content (AvgIpc) is 2.27. The Labute approximate surface area is 118 Å². The number of hydrogen-bond donors (Lipinski definition) is 2. The van der Waals surface area contributed by atoms with Crippen molar-refractivity contribution in [3.8, 4) is 0 Å². The first-order valence-corrected chi connectivity index (χ1v) is 5.03. The summed E-state index contributed by atoms with van der Waals surface area (Å²) in [6, 6.07) is 1.82. The second-order valence-electron chi connectivity index (χ2n) is 3.22. The fraction of sp³-hybridized carbons (Fsp3) is 0.500. The molecule has 0 radical (unpaired) electrons. The predicted octanol–water partition coefficient (Wildman–Crippen LogP) is 0.454. The smallest absolute Gasteiger partial charge is 0.189 e. The lowest BCUT2D eigenvalue weighted by atomic mass is 10.4. The highest BCUT2D eigenvalue weighted by Gasteiger charge is 1.95. The van der Waals surface area contributed by atoms with E-state index in [1.165, 1.54) is 0 Å². The highest BCUT2D eigenvalue weighted by Crippen LogP contribution is 1.96. The number of methoxy groups -OCH3 is 1. The molecule has 1 aromatic rings. The van der Waals surface area contributed by atoms with Gasteiger partial charge in [0.2, 0.25) is 0 Å². The summed E-state index contributed by atoms with van der Waals surface area (Å²) in [6.07, 6.45) is 1.71. The minimum atomic E-state index is 0. The number of guanidine groups is 1. The van der Waals surface area contributed by atoms with Crippen molar-refractivity contribution in [1.29, 1.82) is 0 Å². The van der Waals surface area contributed by atoms with Crippen molar-refractivity contribution < 1.29 is 4.74 Å². The molecule has 0 aliphatic carbocycles. The van der Waals surface area contributed by atoms with Gasteiger partial charge in [-0.15, -0.1) is 24.0 Å². The Morgan fingerprint density at radius 2 is 2.35 bits per heavy atom. The second-order valence-corrected chi connectivity index (χ2v) is 3.22. The van der Waals surface area contributed by atoms with Gasteiger partial charge >= 0.3 is 0 Å². The lowest BCUT2D eigenvalue weighted by Gasteiger charge is -2.04. The Morgan fingerprint density at radius 1 is 1.59 bits per heavy atom. The number of halogens is 1. The predicted molar refractivity (Wildman–Crippen MR) is 77.4 cm³/mol. The highest BCUT2D eigenvalue weighted by atomic mass is 127. The Morgan fingerprint density at radius 3 is 3.00 bits per heavy atom. The first-order valence-electron chi connectivity index (χ1n) is 5.03. The van der Waals surface area contributed by atoms with Gasteiger partial charge in [-0.2, -0.15) is 0 Å². The van der Waals surface area contributed by atoms with Gasteiger partial charge in [-0.25, -0.2) is 15.0 Å². The molecule has 0 aromatic carbocycles. The summed E-state index contributed by atoms with van der Waals surface area (Å²) in [5.41, 5.74) is 6.49. The number of nitrogens with two attached hydrogens (primary N) is 1. The van der Waals surface area contributed by atoms with Gasteiger partial charge in [0.15, 0.2) is 5.96 Å². The Hall–Kier alpha value is -0.960. The zero-order chi connectivity index (χ0) is 11.8. The summed E-state index contributed by atoms with van der Waals surface area (Å²) in [5, 5.41) is 2.93. The topological polar surface area (TPSA) is 85.4 Å². The van der Waals surface area contributed by atoms with Gasteiger partial charge < -0.3 is 15.8 Å². The molecule has 6 nitrogen and oxygen atoms in total. The maximum atomic E-state index is 5.64. The maximum Gasteiger partial charge on any atom is 0.189 e. The Bertz CT molecular complexity index is 358. The van der Waals surface area contributed by atoms with E-state index in [0.29, 0.717) is 25.7 Å². The molecule has 0 unspecified atom stereocenters. The number of nitrogens with zero attached hydrogens (tertiary/aromatic N) is 3. The molecule has 0 aliphatic rings. The van der Waals surface area contributed by atoms with Crippen molar-refractivity contribution in [3.05, 3.63) is 23.8 Å². The summed E-state index contributed by atoms with van der Waals surface area (Å²) in [7, 11) is 1.64. The molecule has 96 valence electrons. The standard InChI is InChI=1S/C10H17N5O.HI/c1-8-12-4-3-9(15-8)7-14-10(11)13-5-6-16-2;/h3-4H,5-7H2,1-2H3,(H3,11,13,14);1H. The number of hydrogen-bond acceptors (Lipinski definition) is 4. The van der Waals surface area contributed by atoms with Crippen LogP contribution in [0.25, 0.3) is 0 Å². The maximum absolute atomic E-state index is 5.64. The monoisotopic (exact) mass is 351 g/mol. The SMILES string of the molecule is COCCNC(N)=NCc1ccnc(C)n1.I. The zero-order valence-electron chi connectivity index (χ0n) is 10.0. The molecule has 0 saturated heterocycles. The Kier molecular flexibility index (Phi) is 8.60. The minimum absolute atomic E-state index is 0. The van der Waals surface area contributed by atoms with E-state index in [0.717, 1.165) is 11.5 Å². The molecule has 0 amide bonds. The number of ether oxygens (including phenoxy) is 1. The Balaban J connectivity index is 0.00000256. The van der Waals surface area contributed by atoms with Crippen molar-refractivity contribution >= 4 is 29.9 Å². The van der Waals surface area contributed by atoms with E-state index in [1.807, 2.05) is 13.0 Å². The lowest BCUT2D eigenvalue weighted by Crippen LogP contribution is -2.34. The van der Waals surface area contributed by atoms with E-state index in [9.17, 15) is 0 Å². The van der Waals surface area contributed by atoms with Gasteiger partial charge in [0.05, 0.1) is 18.8 Å². The van der Waals surface area contributed by atoms with E-state index in [2.05, 4.69) is 20.3 Å². The summed E-state index contributed by atoms with van der Waals surface area (Å²) >= 11 is 0. The highest BCUT2D eigenvalue weighted by molar-refractivity contribution is 14.0. The number of nitrogens with one attached hydrogen (secondary N) is 1. The molecular formula is C10H18IN5O. The summed E-state index contributed by atoms with van der Waals surface area (Å²) in [5.74, 6) is 1.13. The van der Waals surface area contributed by atoms with Gasteiger partial charge in [0, 0.05) is 19.9 Å². The first kappa shape index (κ1) is 16.0. The summed E-state index contributed by atoms with van der Waals surface area (Å²) in [6.45, 7) is 3.54. The normalized spacial score (nSPS) is 10.8. The van der Waals surface area contributed by atoms with E-state index in [1.54, 1.807) is 13.3 Å². The molecule has 3 N–H and O–H groups in total. The fourth-order valence-electron chi connectivity index (χ4n) is 1.10. The van der Waals surface area contributed by atoms with Gasteiger partial charge in [-0.1, -0.05) is 0 Å². The third-order valence-electron chi connectivity index (χ3n) is 1.86. The van der Waals surface area contributed by atoms with Crippen LogP contribution in [-0.2, 0) is 11.3 Å². The quantitative estimate of drug-likeness (QED) is 0.348. The van der Waals surface area contributed by atoms with E-state index >= 15 is 0 Å². The molecule has 0 bridgehead atoms. The van der Waals surface area contributed by atoms with E-state index in [4.69, 9.17) is 10.5 Å². The van der Waals surface area contributed by atoms with Crippen LogP contribution in [0.4, 0.5) is 0 Å². The van der Waals surface area contributed by atoms with Crippen LogP contribution < -0.4 is 11.1 Å². The van der Waals surface area contributed by atoms with Crippen molar-refractivity contribution in [3.63, 3.8) is 0 Å². The second kappa shape index (κ2) is 9.11. The number of aliphatic imine (C=N–C) groups is 1. The lowest BCUT2D eigenvalue weighted by molar-refractivity contribution is 0.204. The van der Waals surface area contributed by atoms with Crippen LogP contribution in [0.5, 0.6) is 0 Å². The van der Waals surface area contributed by atoms with E-state index in [-0.39, 0.29) is 24.0 Å². The van der Waals surface area contributed by atoms with Crippen LogP contribution in [-0.4, -0.2) is 36.2 Å². The average molecular weight is 351 g/mol. The van der Waals surface area contributed by atoms with Gasteiger partial charge in [-0.3, -0.25) is 0 Å². The van der Waals surface area contributed by atoms with Crippen LogP contribution in [0.1, 0.15) is 11.5 Å². The molecule has 7 heteroatoms. The van der Waals surface area contributed by atoms with E-state index < -0.39 is 0 Å². The first-order chi connectivity index (χ1) is 7.72. The molecule has 0 aliphatic heterocycles.